The Morgan fingerprint density at radius 3 is 1.86 bits per heavy atom. The van der Waals surface area contributed by atoms with Gasteiger partial charge in [-0.2, -0.15) is 0 Å². The molecule has 1 heterocycles. The maximum absolute atomic E-state index is 13.0. The minimum absolute atomic E-state index is 0.0126. The van der Waals surface area contributed by atoms with Gasteiger partial charge in [0.2, 0.25) is 12.2 Å². The number of hydrogen-bond acceptors (Lipinski definition) is 9. The van der Waals surface area contributed by atoms with Crippen molar-refractivity contribution in [3.8, 4) is 11.5 Å². The first-order valence-electron chi connectivity index (χ1n) is 10.6. The number of benzene rings is 2. The van der Waals surface area contributed by atoms with Gasteiger partial charge in [0.15, 0.2) is 0 Å². The van der Waals surface area contributed by atoms with E-state index in [1.54, 1.807) is 24.3 Å². The van der Waals surface area contributed by atoms with Crippen molar-refractivity contribution in [1.29, 1.82) is 0 Å². The van der Waals surface area contributed by atoms with Gasteiger partial charge < -0.3 is 33.8 Å². The van der Waals surface area contributed by atoms with Crippen LogP contribution in [0.5, 0.6) is 11.5 Å². The summed E-state index contributed by atoms with van der Waals surface area (Å²) < 4.78 is 25.6. The van der Waals surface area contributed by atoms with E-state index in [4.69, 9.17) is 23.4 Å². The molecule has 1 aromatic heterocycles. The molecule has 0 unspecified atom stereocenters. The minimum Gasteiger partial charge on any atom is -0.497 e. The Kier molecular flexibility index (Phi) is 8.65. The largest absolute Gasteiger partial charge is 0.497 e. The first kappa shape index (κ1) is 25.8. The Balaban J connectivity index is 1.87. The molecule has 3 aromatic rings. The SMILES string of the molecule is COc1cccc(C(=O)O[C@H](C(=O)NCc2ccco2)[C@@H](OC(=O)c2cccc(OC)c2)C(=O)O)c1. The van der Waals surface area contributed by atoms with Gasteiger partial charge in [0.25, 0.3) is 5.91 Å². The number of amides is 1. The van der Waals surface area contributed by atoms with Gasteiger partial charge in [-0.15, -0.1) is 0 Å². The number of aliphatic carboxylic acids is 1. The van der Waals surface area contributed by atoms with Crippen LogP contribution in [0.2, 0.25) is 0 Å². The lowest BCUT2D eigenvalue weighted by atomic mass is 10.1. The van der Waals surface area contributed by atoms with E-state index in [0.717, 1.165) is 0 Å². The number of ether oxygens (including phenoxy) is 4. The molecule has 0 aliphatic carbocycles. The second kappa shape index (κ2) is 12.1. The molecular weight excluding hydrogens is 474 g/mol. The highest BCUT2D eigenvalue weighted by atomic mass is 16.6. The highest BCUT2D eigenvalue weighted by Crippen LogP contribution is 2.18. The summed E-state index contributed by atoms with van der Waals surface area (Å²) in [6.07, 6.45) is -2.82. The Morgan fingerprint density at radius 1 is 0.833 bits per heavy atom. The van der Waals surface area contributed by atoms with Gasteiger partial charge in [0.05, 0.1) is 38.2 Å². The van der Waals surface area contributed by atoms with Crippen LogP contribution in [0.4, 0.5) is 0 Å². The molecule has 0 radical (unpaired) electrons. The summed E-state index contributed by atoms with van der Waals surface area (Å²) in [4.78, 5) is 50.5. The number of carbonyl (C=O) groups is 4. The van der Waals surface area contributed by atoms with E-state index in [1.165, 1.54) is 56.9 Å². The Morgan fingerprint density at radius 2 is 1.39 bits per heavy atom. The quantitative estimate of drug-likeness (QED) is 0.378. The molecule has 0 saturated carbocycles. The zero-order valence-corrected chi connectivity index (χ0v) is 19.3. The fourth-order valence-corrected chi connectivity index (χ4v) is 3.05. The van der Waals surface area contributed by atoms with Gasteiger partial charge in [0, 0.05) is 0 Å². The van der Waals surface area contributed by atoms with E-state index in [1.807, 2.05) is 0 Å². The van der Waals surface area contributed by atoms with Crippen molar-refractivity contribution in [3.05, 3.63) is 83.8 Å². The summed E-state index contributed by atoms with van der Waals surface area (Å²) in [6, 6.07) is 14.8. The Hall–Kier alpha value is -4.80. The average molecular weight is 497 g/mol. The van der Waals surface area contributed by atoms with Crippen LogP contribution in [0.1, 0.15) is 26.5 Å². The lowest BCUT2D eigenvalue weighted by Gasteiger charge is -2.23. The molecule has 2 aromatic carbocycles. The van der Waals surface area contributed by atoms with Crippen LogP contribution in [0.15, 0.2) is 71.3 Å². The van der Waals surface area contributed by atoms with Gasteiger partial charge in [0.1, 0.15) is 17.3 Å². The van der Waals surface area contributed by atoms with Crippen molar-refractivity contribution in [1.82, 2.24) is 5.32 Å². The second-order valence-electron chi connectivity index (χ2n) is 7.25. The van der Waals surface area contributed by atoms with E-state index in [2.05, 4.69) is 5.32 Å². The highest BCUT2D eigenvalue weighted by Gasteiger charge is 2.41. The van der Waals surface area contributed by atoms with Crippen molar-refractivity contribution in [2.45, 2.75) is 18.8 Å². The average Bonchev–Trinajstić information content (AvgIpc) is 3.42. The first-order chi connectivity index (χ1) is 17.3. The van der Waals surface area contributed by atoms with Crippen LogP contribution in [-0.4, -0.2) is 55.3 Å². The van der Waals surface area contributed by atoms with Crippen LogP contribution in [0.3, 0.4) is 0 Å². The van der Waals surface area contributed by atoms with Crippen LogP contribution in [0.25, 0.3) is 0 Å². The summed E-state index contributed by atoms with van der Waals surface area (Å²) >= 11 is 0. The molecule has 1 amide bonds. The molecule has 0 bridgehead atoms. The second-order valence-corrected chi connectivity index (χ2v) is 7.25. The fourth-order valence-electron chi connectivity index (χ4n) is 3.05. The van der Waals surface area contributed by atoms with Crippen molar-refractivity contribution in [2.75, 3.05) is 14.2 Å². The fraction of sp³-hybridized carbons (Fsp3) is 0.200. The summed E-state index contributed by atoms with van der Waals surface area (Å²) in [7, 11) is 2.79. The van der Waals surface area contributed by atoms with Crippen molar-refractivity contribution < 1.29 is 47.6 Å². The number of methoxy groups -OCH3 is 2. The molecular formula is C25H23NO10. The third-order valence-electron chi connectivity index (χ3n) is 4.87. The molecule has 3 rings (SSSR count). The number of furan rings is 1. The number of rotatable bonds is 11. The molecule has 0 aliphatic rings. The summed E-state index contributed by atoms with van der Waals surface area (Å²) in [6.45, 7) is -0.130. The van der Waals surface area contributed by atoms with Gasteiger partial charge in [-0.25, -0.2) is 14.4 Å². The molecule has 36 heavy (non-hydrogen) atoms. The lowest BCUT2D eigenvalue weighted by Crippen LogP contribution is -2.50. The Labute approximate surface area is 205 Å². The van der Waals surface area contributed by atoms with Crippen molar-refractivity contribution in [3.63, 3.8) is 0 Å². The van der Waals surface area contributed by atoms with Gasteiger partial charge in [-0.3, -0.25) is 4.79 Å². The van der Waals surface area contributed by atoms with Crippen LogP contribution >= 0.6 is 0 Å². The summed E-state index contributed by atoms with van der Waals surface area (Å²) in [5, 5.41) is 12.2. The zero-order chi connectivity index (χ0) is 26.1. The number of carboxylic acids is 1. The molecule has 2 N–H and O–H groups in total. The first-order valence-corrected chi connectivity index (χ1v) is 10.6. The highest BCUT2D eigenvalue weighted by molar-refractivity contribution is 5.97. The molecule has 188 valence electrons. The molecule has 11 nitrogen and oxygen atoms in total. The smallest absolute Gasteiger partial charge is 0.349 e. The summed E-state index contributed by atoms with van der Waals surface area (Å²) in [5.41, 5.74) is -0.0455. The van der Waals surface area contributed by atoms with Crippen LogP contribution < -0.4 is 14.8 Å². The molecule has 0 saturated heterocycles. The topological polar surface area (TPSA) is 151 Å². The summed E-state index contributed by atoms with van der Waals surface area (Å²) in [5.74, 6) is -3.80. The maximum atomic E-state index is 13.0. The maximum Gasteiger partial charge on any atom is 0.349 e. The van der Waals surface area contributed by atoms with Crippen LogP contribution in [0, 0.1) is 0 Å². The number of hydrogen-bond donors (Lipinski definition) is 2. The lowest BCUT2D eigenvalue weighted by molar-refractivity contribution is -0.159. The molecule has 0 aliphatic heterocycles. The van der Waals surface area contributed by atoms with E-state index in [0.29, 0.717) is 17.3 Å². The van der Waals surface area contributed by atoms with Crippen LogP contribution in [-0.2, 0) is 25.6 Å². The van der Waals surface area contributed by atoms with Crippen molar-refractivity contribution in [2.24, 2.45) is 0 Å². The number of esters is 2. The molecule has 2 atom stereocenters. The normalized spacial score (nSPS) is 12.1. The minimum atomic E-state index is -2.17. The third kappa shape index (κ3) is 6.63. The zero-order valence-electron chi connectivity index (χ0n) is 19.3. The third-order valence-corrected chi connectivity index (χ3v) is 4.87. The standard InChI is InChI=1S/C25H23NO10/c1-32-17-8-3-6-15(12-17)24(30)35-20(22(27)26-14-19-10-5-11-34-19)21(23(28)29)36-25(31)16-7-4-9-18(13-16)33-2/h3-13,20-21H,14H2,1-2H3,(H,26,27)(H,28,29)/t20-,21+/m0/s1. The van der Waals surface area contributed by atoms with Gasteiger partial charge in [-0.1, -0.05) is 12.1 Å². The molecule has 11 heteroatoms. The number of carboxylic acid groups (broad SMARTS) is 1. The molecule has 0 spiro atoms. The Bertz CT molecular complexity index is 1220. The predicted molar refractivity (Wildman–Crippen MR) is 123 cm³/mol. The predicted octanol–water partition coefficient (Wildman–Crippen LogP) is 2.45. The molecule has 0 fully saturated rings. The van der Waals surface area contributed by atoms with Crippen molar-refractivity contribution >= 4 is 23.8 Å². The van der Waals surface area contributed by atoms with Gasteiger partial charge in [-0.05, 0) is 48.5 Å². The monoisotopic (exact) mass is 497 g/mol. The van der Waals surface area contributed by atoms with Gasteiger partial charge >= 0.3 is 17.9 Å². The number of carbonyl (C=O) groups excluding carboxylic acids is 3. The van der Waals surface area contributed by atoms with E-state index < -0.39 is 36.0 Å². The van der Waals surface area contributed by atoms with E-state index in [-0.39, 0.29) is 17.7 Å². The number of nitrogens with one attached hydrogen (secondary N) is 1. The van der Waals surface area contributed by atoms with E-state index in [9.17, 15) is 24.3 Å². The van der Waals surface area contributed by atoms with E-state index >= 15 is 0 Å².